The zero-order valence-corrected chi connectivity index (χ0v) is 16.3. The summed E-state index contributed by atoms with van der Waals surface area (Å²) in [5.74, 6) is 0.729. The number of aliphatic hydroxyl groups excluding tert-OH is 1. The number of carbonyl (C=O) groups excluding carboxylic acids is 1. The van der Waals surface area contributed by atoms with Gasteiger partial charge in [-0.2, -0.15) is 0 Å². The first-order valence-corrected chi connectivity index (χ1v) is 10.1. The molecule has 1 unspecified atom stereocenters. The Labute approximate surface area is 159 Å². The molecule has 1 heterocycles. The van der Waals surface area contributed by atoms with Crippen molar-refractivity contribution in [3.05, 3.63) is 51.7 Å². The monoisotopic (exact) mass is 373 g/mol. The van der Waals surface area contributed by atoms with Crippen molar-refractivity contribution in [1.29, 1.82) is 0 Å². The summed E-state index contributed by atoms with van der Waals surface area (Å²) >= 11 is 1.67. The molecule has 0 saturated heterocycles. The first-order chi connectivity index (χ1) is 12.5. The molecule has 2 aromatic rings. The number of hydrogen-bond acceptors (Lipinski definition) is 4. The maximum Gasteiger partial charge on any atom is 0.251 e. The van der Waals surface area contributed by atoms with E-state index in [1.54, 1.807) is 30.4 Å². The number of rotatable bonds is 7. The average Bonchev–Trinajstić information content (AvgIpc) is 3.31. The summed E-state index contributed by atoms with van der Waals surface area (Å²) in [5, 5.41) is 13.0. The van der Waals surface area contributed by atoms with E-state index in [2.05, 4.69) is 11.4 Å². The predicted molar refractivity (Wildman–Crippen MR) is 105 cm³/mol. The van der Waals surface area contributed by atoms with E-state index in [1.807, 2.05) is 25.1 Å². The fourth-order valence-electron chi connectivity index (χ4n) is 3.65. The third-order valence-corrected chi connectivity index (χ3v) is 6.64. The zero-order valence-electron chi connectivity index (χ0n) is 15.5. The number of nitrogens with one attached hydrogen (secondary N) is 1. The van der Waals surface area contributed by atoms with Crippen LogP contribution in [0.3, 0.4) is 0 Å². The predicted octanol–water partition coefficient (Wildman–Crippen LogP) is 4.44. The van der Waals surface area contributed by atoms with Crippen LogP contribution in [0.4, 0.5) is 0 Å². The molecule has 5 heteroatoms. The van der Waals surface area contributed by atoms with Gasteiger partial charge in [-0.05, 0) is 63.1 Å². The van der Waals surface area contributed by atoms with E-state index in [1.165, 1.54) is 17.7 Å². The Kier molecular flexibility index (Phi) is 5.99. The third-order valence-electron chi connectivity index (χ3n) is 5.14. The van der Waals surface area contributed by atoms with Crippen molar-refractivity contribution in [3.8, 4) is 5.75 Å². The van der Waals surface area contributed by atoms with E-state index in [0.717, 1.165) is 23.5 Å². The van der Waals surface area contributed by atoms with Gasteiger partial charge in [0.1, 0.15) is 5.75 Å². The van der Waals surface area contributed by atoms with Crippen LogP contribution in [0.15, 0.2) is 36.4 Å². The molecule has 1 atom stereocenters. The van der Waals surface area contributed by atoms with Gasteiger partial charge >= 0.3 is 0 Å². The van der Waals surface area contributed by atoms with Crippen molar-refractivity contribution < 1.29 is 14.6 Å². The summed E-state index contributed by atoms with van der Waals surface area (Å²) in [6.07, 6.45) is 4.08. The lowest BCUT2D eigenvalue weighted by molar-refractivity contribution is 0.0943. The molecule has 0 radical (unpaired) electrons. The molecule has 0 aliphatic heterocycles. The molecule has 3 rings (SSSR count). The highest BCUT2D eigenvalue weighted by molar-refractivity contribution is 7.12. The van der Waals surface area contributed by atoms with Crippen LogP contribution in [-0.4, -0.2) is 24.2 Å². The van der Waals surface area contributed by atoms with Gasteiger partial charge in [-0.25, -0.2) is 0 Å². The molecule has 0 bridgehead atoms. The number of thiophene rings is 1. The third kappa shape index (κ3) is 4.10. The number of benzene rings is 1. The molecule has 1 aliphatic carbocycles. The maximum atomic E-state index is 12.6. The van der Waals surface area contributed by atoms with E-state index in [9.17, 15) is 9.90 Å². The standard InChI is InChI=1S/C21H27NO3S/c1-3-25-17-8-6-16(7-9-17)20(24)22-14-21(12-4-5-13-21)19-11-10-18(26-19)15(2)23/h6-11,15,23H,3-5,12-14H2,1-2H3,(H,22,24). The van der Waals surface area contributed by atoms with Crippen LogP contribution in [0.5, 0.6) is 5.75 Å². The van der Waals surface area contributed by atoms with Crippen molar-refractivity contribution in [2.75, 3.05) is 13.2 Å². The second-order valence-corrected chi connectivity index (χ2v) is 8.12. The summed E-state index contributed by atoms with van der Waals surface area (Å²) in [6, 6.07) is 11.4. The Morgan fingerprint density at radius 3 is 2.50 bits per heavy atom. The first-order valence-electron chi connectivity index (χ1n) is 9.33. The van der Waals surface area contributed by atoms with E-state index >= 15 is 0 Å². The summed E-state index contributed by atoms with van der Waals surface area (Å²) in [4.78, 5) is 14.8. The molecule has 1 aromatic carbocycles. The van der Waals surface area contributed by atoms with Crippen LogP contribution in [-0.2, 0) is 5.41 Å². The molecule has 4 nitrogen and oxygen atoms in total. The van der Waals surface area contributed by atoms with E-state index < -0.39 is 6.10 Å². The van der Waals surface area contributed by atoms with Crippen LogP contribution in [0.1, 0.15) is 65.7 Å². The number of aliphatic hydroxyl groups is 1. The normalized spacial score (nSPS) is 17.0. The Balaban J connectivity index is 1.69. The highest BCUT2D eigenvalue weighted by atomic mass is 32.1. The maximum absolute atomic E-state index is 12.6. The molecule has 1 aromatic heterocycles. The Bertz CT molecular complexity index is 730. The smallest absolute Gasteiger partial charge is 0.251 e. The minimum Gasteiger partial charge on any atom is -0.494 e. The Hall–Kier alpha value is -1.85. The lowest BCUT2D eigenvalue weighted by Gasteiger charge is -2.28. The van der Waals surface area contributed by atoms with Gasteiger partial charge in [0, 0.05) is 27.3 Å². The van der Waals surface area contributed by atoms with Gasteiger partial charge in [0.2, 0.25) is 0 Å². The second-order valence-electron chi connectivity index (χ2n) is 7.01. The van der Waals surface area contributed by atoms with Crippen molar-refractivity contribution in [2.24, 2.45) is 0 Å². The number of hydrogen-bond donors (Lipinski definition) is 2. The number of ether oxygens (including phenoxy) is 1. The molecular weight excluding hydrogens is 346 g/mol. The molecular formula is C21H27NO3S. The molecule has 2 N–H and O–H groups in total. The van der Waals surface area contributed by atoms with Gasteiger partial charge in [-0.15, -0.1) is 11.3 Å². The van der Waals surface area contributed by atoms with Crippen LogP contribution in [0, 0.1) is 0 Å². The van der Waals surface area contributed by atoms with Crippen molar-refractivity contribution >= 4 is 17.2 Å². The second kappa shape index (κ2) is 8.23. The van der Waals surface area contributed by atoms with Crippen molar-refractivity contribution in [1.82, 2.24) is 5.32 Å². The van der Waals surface area contributed by atoms with Gasteiger partial charge in [0.15, 0.2) is 0 Å². The van der Waals surface area contributed by atoms with E-state index in [4.69, 9.17) is 4.74 Å². The molecule has 140 valence electrons. The lowest BCUT2D eigenvalue weighted by Crippen LogP contribution is -2.38. The van der Waals surface area contributed by atoms with E-state index in [0.29, 0.717) is 18.7 Å². The minimum atomic E-state index is -0.439. The Morgan fingerprint density at radius 1 is 1.23 bits per heavy atom. The summed E-state index contributed by atoms with van der Waals surface area (Å²) in [7, 11) is 0. The fourth-order valence-corrected chi connectivity index (χ4v) is 4.83. The van der Waals surface area contributed by atoms with Crippen molar-refractivity contribution in [3.63, 3.8) is 0 Å². The molecule has 0 spiro atoms. The topological polar surface area (TPSA) is 58.6 Å². The van der Waals surface area contributed by atoms with Crippen LogP contribution < -0.4 is 10.1 Å². The Morgan fingerprint density at radius 2 is 1.92 bits per heavy atom. The van der Waals surface area contributed by atoms with Crippen molar-refractivity contribution in [2.45, 2.75) is 51.0 Å². The summed E-state index contributed by atoms with van der Waals surface area (Å²) < 4.78 is 5.43. The van der Waals surface area contributed by atoms with Crippen LogP contribution in [0.25, 0.3) is 0 Å². The summed E-state index contributed by atoms with van der Waals surface area (Å²) in [6.45, 7) is 4.99. The van der Waals surface area contributed by atoms with Gasteiger partial charge in [0.05, 0.1) is 12.7 Å². The SMILES string of the molecule is CCOc1ccc(C(=O)NCC2(c3ccc(C(C)O)s3)CCCC2)cc1. The van der Waals surface area contributed by atoms with Gasteiger partial charge in [-0.1, -0.05) is 12.8 Å². The van der Waals surface area contributed by atoms with Gasteiger partial charge in [-0.3, -0.25) is 4.79 Å². The zero-order chi connectivity index (χ0) is 18.6. The fraction of sp³-hybridized carbons (Fsp3) is 0.476. The summed E-state index contributed by atoms with van der Waals surface area (Å²) in [5.41, 5.74) is 0.649. The molecule has 1 fully saturated rings. The largest absolute Gasteiger partial charge is 0.494 e. The van der Waals surface area contributed by atoms with Gasteiger partial charge in [0.25, 0.3) is 5.91 Å². The van der Waals surface area contributed by atoms with Crippen LogP contribution in [0.2, 0.25) is 0 Å². The van der Waals surface area contributed by atoms with Crippen LogP contribution >= 0.6 is 11.3 Å². The number of amides is 1. The highest BCUT2D eigenvalue weighted by Gasteiger charge is 2.37. The molecule has 1 saturated carbocycles. The highest BCUT2D eigenvalue weighted by Crippen LogP contribution is 2.44. The average molecular weight is 374 g/mol. The molecule has 1 amide bonds. The minimum absolute atomic E-state index is 0.00126. The lowest BCUT2D eigenvalue weighted by atomic mass is 9.84. The molecule has 1 aliphatic rings. The quantitative estimate of drug-likeness (QED) is 0.754. The van der Waals surface area contributed by atoms with Gasteiger partial charge < -0.3 is 15.2 Å². The van der Waals surface area contributed by atoms with E-state index in [-0.39, 0.29) is 11.3 Å². The first kappa shape index (κ1) is 18.9. The molecule has 26 heavy (non-hydrogen) atoms. The number of carbonyl (C=O) groups is 1.